The Bertz CT molecular complexity index is 986. The number of nitriles is 1. The normalized spacial score (nSPS) is 11.1. The Morgan fingerprint density at radius 3 is 2.42 bits per heavy atom. The fraction of sp³-hybridized carbons (Fsp3) is 0.125. The second-order valence-corrected chi connectivity index (χ2v) is 7.51. The number of halogens is 2. The van der Waals surface area contributed by atoms with Gasteiger partial charge in [-0.05, 0) is 30.3 Å². The topological polar surface area (TPSA) is 99.5 Å². The molecule has 1 N–H and O–H groups in total. The Labute approximate surface area is 154 Å². The summed E-state index contributed by atoms with van der Waals surface area (Å²) >= 11 is 6.00. The lowest BCUT2D eigenvalue weighted by molar-refractivity contribution is 0.0976. The predicted octanol–water partition coefficient (Wildman–Crippen LogP) is 2.68. The second kappa shape index (κ2) is 7.70. The highest BCUT2D eigenvalue weighted by atomic mass is 35.5. The molecule has 0 saturated heterocycles. The van der Waals surface area contributed by atoms with E-state index in [0.717, 1.165) is 16.4 Å². The van der Waals surface area contributed by atoms with E-state index in [0.29, 0.717) is 11.3 Å². The van der Waals surface area contributed by atoms with E-state index in [1.807, 2.05) is 6.07 Å². The maximum Gasteiger partial charge on any atom is 0.303 e. The van der Waals surface area contributed by atoms with Crippen LogP contribution in [-0.2, 0) is 10.2 Å². The van der Waals surface area contributed by atoms with Crippen LogP contribution in [0.3, 0.4) is 0 Å². The van der Waals surface area contributed by atoms with E-state index < -0.39 is 27.5 Å². The maximum absolute atomic E-state index is 14.2. The van der Waals surface area contributed by atoms with Crippen LogP contribution in [0.4, 0.5) is 4.39 Å². The fourth-order valence-electron chi connectivity index (χ4n) is 1.77. The Morgan fingerprint density at radius 2 is 1.88 bits per heavy atom. The minimum atomic E-state index is -4.07. The molecule has 0 fully saturated rings. The Hall–Kier alpha value is -2.67. The Balaban J connectivity index is 2.27. The van der Waals surface area contributed by atoms with Crippen molar-refractivity contribution in [1.29, 1.82) is 5.26 Å². The number of amides is 1. The number of benzene rings is 2. The molecule has 2 aromatic rings. The molecule has 0 saturated carbocycles. The highest BCUT2D eigenvalue weighted by Gasteiger charge is 2.22. The Kier molecular flexibility index (Phi) is 5.82. The average molecular weight is 398 g/mol. The molecule has 0 spiro atoms. The number of carbonyl (C=O) groups excluding carboxylic acids is 1. The quantitative estimate of drug-likeness (QED) is 0.836. The van der Waals surface area contributed by atoms with Crippen LogP contribution in [0.15, 0.2) is 36.4 Å². The number of ether oxygens (including phenoxy) is 1. The van der Waals surface area contributed by atoms with Crippen molar-refractivity contribution in [1.82, 2.24) is 9.03 Å². The monoisotopic (exact) mass is 397 g/mol. The van der Waals surface area contributed by atoms with E-state index in [1.165, 1.54) is 38.4 Å². The summed E-state index contributed by atoms with van der Waals surface area (Å²) in [4.78, 5) is 12.0. The zero-order valence-corrected chi connectivity index (χ0v) is 15.2. The van der Waals surface area contributed by atoms with E-state index in [4.69, 9.17) is 21.6 Å². The second-order valence-electron chi connectivity index (χ2n) is 5.22. The van der Waals surface area contributed by atoms with E-state index in [-0.39, 0.29) is 10.8 Å². The van der Waals surface area contributed by atoms with Crippen LogP contribution in [0.1, 0.15) is 15.9 Å². The molecule has 0 aliphatic rings. The van der Waals surface area contributed by atoms with E-state index in [9.17, 15) is 17.6 Å². The smallest absolute Gasteiger partial charge is 0.303 e. The van der Waals surface area contributed by atoms with Gasteiger partial charge in [0.2, 0.25) is 0 Å². The van der Waals surface area contributed by atoms with Gasteiger partial charge in [-0.15, -0.1) is 0 Å². The van der Waals surface area contributed by atoms with Crippen LogP contribution < -0.4 is 9.46 Å². The zero-order chi connectivity index (χ0) is 19.5. The van der Waals surface area contributed by atoms with Gasteiger partial charge in [-0.3, -0.25) is 4.79 Å². The van der Waals surface area contributed by atoms with Gasteiger partial charge in [-0.1, -0.05) is 11.6 Å². The molecule has 2 aromatic carbocycles. The van der Waals surface area contributed by atoms with Gasteiger partial charge in [0.25, 0.3) is 5.91 Å². The van der Waals surface area contributed by atoms with Crippen molar-refractivity contribution in [3.8, 4) is 17.6 Å². The molecule has 26 heavy (non-hydrogen) atoms. The molecule has 0 bridgehead atoms. The van der Waals surface area contributed by atoms with Gasteiger partial charge in [0.05, 0.1) is 22.2 Å². The van der Waals surface area contributed by atoms with Crippen molar-refractivity contribution in [2.24, 2.45) is 0 Å². The lowest BCUT2D eigenvalue weighted by Crippen LogP contribution is -2.39. The molecular formula is C16H13ClFN3O4S. The lowest BCUT2D eigenvalue weighted by atomic mass is 10.2. The summed E-state index contributed by atoms with van der Waals surface area (Å²) in [5, 5.41) is 8.66. The molecule has 2 rings (SSSR count). The summed E-state index contributed by atoms with van der Waals surface area (Å²) in [5.74, 6) is -1.94. The van der Waals surface area contributed by atoms with Crippen molar-refractivity contribution < 1.29 is 22.3 Å². The summed E-state index contributed by atoms with van der Waals surface area (Å²) in [7, 11) is -1.64. The van der Waals surface area contributed by atoms with Crippen LogP contribution in [0.25, 0.3) is 0 Å². The molecule has 0 aliphatic carbocycles. The molecule has 0 aromatic heterocycles. The predicted molar refractivity (Wildman–Crippen MR) is 92.7 cm³/mol. The third-order valence-corrected chi connectivity index (χ3v) is 4.88. The first-order valence-electron chi connectivity index (χ1n) is 7.05. The summed E-state index contributed by atoms with van der Waals surface area (Å²) in [5.41, 5.74) is -0.128. The van der Waals surface area contributed by atoms with Crippen molar-refractivity contribution in [2.75, 3.05) is 14.1 Å². The first kappa shape index (κ1) is 19.7. The molecule has 1 amide bonds. The van der Waals surface area contributed by atoms with E-state index in [1.54, 1.807) is 4.72 Å². The highest BCUT2D eigenvalue weighted by Crippen LogP contribution is 2.32. The van der Waals surface area contributed by atoms with Crippen LogP contribution in [0.5, 0.6) is 11.5 Å². The van der Waals surface area contributed by atoms with Crippen LogP contribution in [0.2, 0.25) is 5.02 Å². The van der Waals surface area contributed by atoms with Gasteiger partial charge in [0, 0.05) is 20.2 Å². The summed E-state index contributed by atoms with van der Waals surface area (Å²) < 4.78 is 45.5. The number of hydrogen-bond acceptors (Lipinski definition) is 5. The molecular weight excluding hydrogens is 385 g/mol. The SMILES string of the molecule is CN(C)S(=O)(=O)NC(=O)c1cc(Cl)c(Oc2ccc(C#N)cc2)cc1F. The van der Waals surface area contributed by atoms with Gasteiger partial charge < -0.3 is 4.74 Å². The summed E-state index contributed by atoms with van der Waals surface area (Å²) in [6, 6.07) is 9.80. The van der Waals surface area contributed by atoms with Crippen LogP contribution in [-0.4, -0.2) is 32.7 Å². The minimum Gasteiger partial charge on any atom is -0.456 e. The first-order chi connectivity index (χ1) is 12.1. The zero-order valence-electron chi connectivity index (χ0n) is 13.7. The third-order valence-electron chi connectivity index (χ3n) is 3.18. The number of nitrogens with one attached hydrogen (secondary N) is 1. The number of nitrogens with zero attached hydrogens (tertiary/aromatic N) is 2. The number of rotatable bonds is 5. The molecule has 7 nitrogen and oxygen atoms in total. The number of carbonyl (C=O) groups is 1. The van der Waals surface area contributed by atoms with Gasteiger partial charge in [0.15, 0.2) is 0 Å². The lowest BCUT2D eigenvalue weighted by Gasteiger charge is -2.13. The van der Waals surface area contributed by atoms with Crippen molar-refractivity contribution in [3.05, 3.63) is 58.4 Å². The van der Waals surface area contributed by atoms with Gasteiger partial charge >= 0.3 is 10.2 Å². The summed E-state index contributed by atoms with van der Waals surface area (Å²) in [6.45, 7) is 0. The molecule has 0 unspecified atom stereocenters. The van der Waals surface area contributed by atoms with E-state index in [2.05, 4.69) is 0 Å². The average Bonchev–Trinajstić information content (AvgIpc) is 2.57. The minimum absolute atomic E-state index is 0.0686. The third kappa shape index (κ3) is 4.49. The van der Waals surface area contributed by atoms with Crippen LogP contribution >= 0.6 is 11.6 Å². The fourth-order valence-corrected chi connectivity index (χ4v) is 2.50. The number of hydrogen-bond donors (Lipinski definition) is 1. The molecule has 0 radical (unpaired) electrons. The maximum atomic E-state index is 14.2. The largest absolute Gasteiger partial charge is 0.456 e. The van der Waals surface area contributed by atoms with Gasteiger partial charge in [-0.2, -0.15) is 18.0 Å². The van der Waals surface area contributed by atoms with Crippen molar-refractivity contribution in [3.63, 3.8) is 0 Å². The van der Waals surface area contributed by atoms with Crippen molar-refractivity contribution >= 4 is 27.7 Å². The summed E-state index contributed by atoms with van der Waals surface area (Å²) in [6.07, 6.45) is 0. The van der Waals surface area contributed by atoms with Gasteiger partial charge in [0.1, 0.15) is 17.3 Å². The molecule has 0 heterocycles. The van der Waals surface area contributed by atoms with Crippen LogP contribution in [0, 0.1) is 17.1 Å². The first-order valence-corrected chi connectivity index (χ1v) is 8.87. The Morgan fingerprint density at radius 1 is 1.27 bits per heavy atom. The highest BCUT2D eigenvalue weighted by molar-refractivity contribution is 7.87. The molecule has 10 heteroatoms. The molecule has 0 aliphatic heterocycles. The molecule has 0 atom stereocenters. The van der Waals surface area contributed by atoms with Gasteiger partial charge in [-0.25, -0.2) is 9.11 Å². The van der Waals surface area contributed by atoms with E-state index >= 15 is 0 Å². The standard InChI is InChI=1S/C16H13ClFN3O4S/c1-21(2)26(23,24)20-16(22)12-7-13(17)15(8-14(12)18)25-11-5-3-10(9-19)4-6-11/h3-8H,1-2H3,(H,20,22). The van der Waals surface area contributed by atoms with Crippen molar-refractivity contribution in [2.45, 2.75) is 0 Å². The molecule has 136 valence electrons.